The number of carboxylic acid groups (broad SMARTS) is 1. The van der Waals surface area contributed by atoms with Crippen molar-refractivity contribution in [1.82, 2.24) is 0 Å². The van der Waals surface area contributed by atoms with Crippen LogP contribution in [0.2, 0.25) is 0 Å². The highest BCUT2D eigenvalue weighted by Crippen LogP contribution is 2.30. The van der Waals surface area contributed by atoms with Crippen molar-refractivity contribution >= 4 is 29.5 Å². The van der Waals surface area contributed by atoms with Gasteiger partial charge in [-0.05, 0) is 0 Å². The Balaban J connectivity index is 4.15. The average Bonchev–Trinajstić information content (AvgIpc) is 1.98. The van der Waals surface area contributed by atoms with Crippen LogP contribution < -0.4 is 0 Å². The SMILES string of the molecule is CC(C)(C)SCC(CSC(C)(C)C)C(=O)O. The van der Waals surface area contributed by atoms with Gasteiger partial charge in [-0.25, -0.2) is 0 Å². The van der Waals surface area contributed by atoms with E-state index in [0.717, 1.165) is 0 Å². The summed E-state index contributed by atoms with van der Waals surface area (Å²) in [5, 5.41) is 9.14. The normalized spacial score (nSPS) is 13.2. The van der Waals surface area contributed by atoms with Gasteiger partial charge < -0.3 is 5.11 Å². The molecule has 0 spiro atoms. The number of hydrogen-bond donors (Lipinski definition) is 1. The first kappa shape index (κ1) is 16.2. The van der Waals surface area contributed by atoms with Gasteiger partial charge in [-0.3, -0.25) is 4.79 Å². The summed E-state index contributed by atoms with van der Waals surface area (Å²) in [5.41, 5.74) is 0. The summed E-state index contributed by atoms with van der Waals surface area (Å²) < 4.78 is 0.278. The van der Waals surface area contributed by atoms with Crippen LogP contribution in [-0.4, -0.2) is 32.1 Å². The summed E-state index contributed by atoms with van der Waals surface area (Å²) in [7, 11) is 0. The van der Waals surface area contributed by atoms with Gasteiger partial charge in [0.2, 0.25) is 0 Å². The second kappa shape index (κ2) is 6.20. The van der Waals surface area contributed by atoms with Crippen molar-refractivity contribution in [2.24, 2.45) is 5.92 Å². The Bertz CT molecular complexity index is 208. The molecule has 0 heterocycles. The van der Waals surface area contributed by atoms with Crippen LogP contribution >= 0.6 is 23.5 Å². The topological polar surface area (TPSA) is 37.3 Å². The zero-order valence-electron chi connectivity index (χ0n) is 11.2. The van der Waals surface area contributed by atoms with Crippen molar-refractivity contribution in [3.63, 3.8) is 0 Å². The minimum atomic E-state index is -0.673. The fourth-order valence-corrected chi connectivity index (χ4v) is 2.96. The van der Waals surface area contributed by atoms with Crippen molar-refractivity contribution in [1.29, 1.82) is 0 Å². The standard InChI is InChI=1S/C12H24O2S2/c1-11(2,3)15-7-9(10(13)14)8-16-12(4,5)6/h9H,7-8H2,1-6H3,(H,13,14). The van der Waals surface area contributed by atoms with E-state index in [2.05, 4.69) is 41.5 Å². The lowest BCUT2D eigenvalue weighted by Crippen LogP contribution is -2.24. The highest BCUT2D eigenvalue weighted by molar-refractivity contribution is 8.01. The lowest BCUT2D eigenvalue weighted by Gasteiger charge is -2.23. The van der Waals surface area contributed by atoms with Crippen LogP contribution in [0.3, 0.4) is 0 Å². The van der Waals surface area contributed by atoms with Crippen LogP contribution in [0.4, 0.5) is 0 Å². The van der Waals surface area contributed by atoms with Gasteiger partial charge in [0.1, 0.15) is 0 Å². The van der Waals surface area contributed by atoms with Crippen molar-refractivity contribution in [2.45, 2.75) is 51.0 Å². The molecule has 0 atom stereocenters. The van der Waals surface area contributed by atoms with Gasteiger partial charge in [0, 0.05) is 21.0 Å². The van der Waals surface area contributed by atoms with Crippen LogP contribution in [0.25, 0.3) is 0 Å². The number of carboxylic acids is 1. The van der Waals surface area contributed by atoms with E-state index in [-0.39, 0.29) is 15.4 Å². The van der Waals surface area contributed by atoms with Gasteiger partial charge in [-0.15, -0.1) is 0 Å². The molecule has 2 nitrogen and oxygen atoms in total. The minimum Gasteiger partial charge on any atom is -0.481 e. The van der Waals surface area contributed by atoms with Crippen molar-refractivity contribution in [2.75, 3.05) is 11.5 Å². The second-order valence-corrected chi connectivity index (χ2v) is 9.58. The number of thioether (sulfide) groups is 2. The average molecular weight is 264 g/mol. The van der Waals surface area contributed by atoms with E-state index < -0.39 is 5.97 Å². The van der Waals surface area contributed by atoms with E-state index in [1.807, 2.05) is 0 Å². The van der Waals surface area contributed by atoms with Crippen LogP contribution in [0, 0.1) is 5.92 Å². The molecule has 0 aromatic heterocycles. The number of rotatable bonds is 5. The van der Waals surface area contributed by atoms with Gasteiger partial charge >= 0.3 is 5.97 Å². The molecule has 16 heavy (non-hydrogen) atoms. The Morgan fingerprint density at radius 3 is 1.50 bits per heavy atom. The first-order valence-corrected chi connectivity index (χ1v) is 7.49. The summed E-state index contributed by atoms with van der Waals surface area (Å²) >= 11 is 3.45. The predicted octanol–water partition coefficient (Wildman–Crippen LogP) is 3.75. The molecule has 0 radical (unpaired) electrons. The fourth-order valence-electron chi connectivity index (χ4n) is 0.892. The number of aliphatic carboxylic acids is 1. The molecule has 0 bridgehead atoms. The predicted molar refractivity (Wildman–Crippen MR) is 75.5 cm³/mol. The molecule has 4 heteroatoms. The number of hydrogen-bond acceptors (Lipinski definition) is 3. The Labute approximate surface area is 108 Å². The summed E-state index contributed by atoms with van der Waals surface area (Å²) in [6.45, 7) is 12.7. The lowest BCUT2D eigenvalue weighted by atomic mass is 10.2. The van der Waals surface area contributed by atoms with Gasteiger partial charge in [-0.1, -0.05) is 41.5 Å². The molecule has 0 rings (SSSR count). The molecule has 0 saturated carbocycles. The highest BCUT2D eigenvalue weighted by Gasteiger charge is 2.23. The summed E-state index contributed by atoms with van der Waals surface area (Å²) in [4.78, 5) is 11.1. The van der Waals surface area contributed by atoms with E-state index in [1.54, 1.807) is 23.5 Å². The monoisotopic (exact) mass is 264 g/mol. The lowest BCUT2D eigenvalue weighted by molar-refractivity contribution is -0.140. The molecule has 0 aliphatic rings. The summed E-state index contributed by atoms with van der Waals surface area (Å²) in [6.07, 6.45) is 0. The minimum absolute atomic E-state index is 0.139. The van der Waals surface area contributed by atoms with Crippen LogP contribution in [-0.2, 0) is 4.79 Å². The Kier molecular flexibility index (Phi) is 6.26. The third kappa shape index (κ3) is 9.40. The molecule has 96 valence electrons. The molecule has 0 aromatic carbocycles. The van der Waals surface area contributed by atoms with Crippen LogP contribution in [0.5, 0.6) is 0 Å². The van der Waals surface area contributed by atoms with Crippen molar-refractivity contribution < 1.29 is 9.90 Å². The van der Waals surface area contributed by atoms with Crippen molar-refractivity contribution in [3.8, 4) is 0 Å². The zero-order valence-corrected chi connectivity index (χ0v) is 12.8. The molecule has 0 aromatic rings. The van der Waals surface area contributed by atoms with E-state index in [0.29, 0.717) is 11.5 Å². The largest absolute Gasteiger partial charge is 0.481 e. The van der Waals surface area contributed by atoms with E-state index >= 15 is 0 Å². The molecule has 0 aliphatic heterocycles. The first-order valence-electron chi connectivity index (χ1n) is 5.52. The summed E-state index contributed by atoms with van der Waals surface area (Å²) in [6, 6.07) is 0. The van der Waals surface area contributed by atoms with Gasteiger partial charge in [-0.2, -0.15) is 23.5 Å². The molecule has 0 amide bonds. The molecule has 0 unspecified atom stereocenters. The maximum Gasteiger partial charge on any atom is 0.308 e. The maximum atomic E-state index is 11.1. The molecule has 0 fully saturated rings. The Morgan fingerprint density at radius 2 is 1.31 bits per heavy atom. The molecule has 1 N–H and O–H groups in total. The molecular weight excluding hydrogens is 240 g/mol. The third-order valence-electron chi connectivity index (χ3n) is 1.78. The third-order valence-corrected chi connectivity index (χ3v) is 4.65. The Hall–Kier alpha value is 0.170. The maximum absolute atomic E-state index is 11.1. The second-order valence-electron chi connectivity index (χ2n) is 5.88. The Morgan fingerprint density at radius 1 is 1.00 bits per heavy atom. The fraction of sp³-hybridized carbons (Fsp3) is 0.917. The van der Waals surface area contributed by atoms with Crippen LogP contribution in [0.15, 0.2) is 0 Å². The number of carbonyl (C=O) groups is 1. The van der Waals surface area contributed by atoms with Crippen molar-refractivity contribution in [3.05, 3.63) is 0 Å². The van der Waals surface area contributed by atoms with Gasteiger partial charge in [0.15, 0.2) is 0 Å². The van der Waals surface area contributed by atoms with Crippen LogP contribution in [0.1, 0.15) is 41.5 Å². The smallest absolute Gasteiger partial charge is 0.308 e. The molecule has 0 saturated heterocycles. The molecular formula is C12H24O2S2. The molecule has 0 aliphatic carbocycles. The van der Waals surface area contributed by atoms with E-state index in [9.17, 15) is 4.79 Å². The first-order chi connectivity index (χ1) is 7.01. The van der Waals surface area contributed by atoms with E-state index in [1.165, 1.54) is 0 Å². The zero-order chi connectivity index (χ0) is 13.0. The highest BCUT2D eigenvalue weighted by atomic mass is 32.2. The van der Waals surface area contributed by atoms with Gasteiger partial charge in [0.25, 0.3) is 0 Å². The summed E-state index contributed by atoms with van der Waals surface area (Å²) in [5.74, 6) is 0.478. The quantitative estimate of drug-likeness (QED) is 0.820. The van der Waals surface area contributed by atoms with Gasteiger partial charge in [0.05, 0.1) is 5.92 Å². The van der Waals surface area contributed by atoms with E-state index in [4.69, 9.17) is 5.11 Å².